The number of carbonyl (C=O) groups excluding carboxylic acids is 2. The minimum absolute atomic E-state index is 0.0677. The van der Waals surface area contributed by atoms with Gasteiger partial charge in [-0.25, -0.2) is 9.97 Å². The lowest BCUT2D eigenvalue weighted by molar-refractivity contribution is -0.140. The summed E-state index contributed by atoms with van der Waals surface area (Å²) in [6.45, 7) is 6.58. The van der Waals surface area contributed by atoms with Crippen molar-refractivity contribution in [2.24, 2.45) is 5.41 Å². The number of hydrogen-bond acceptors (Lipinski definition) is 7. The molecule has 0 radical (unpaired) electrons. The fourth-order valence-corrected chi connectivity index (χ4v) is 5.01. The number of fused-ring (bicyclic) bond motifs is 1. The van der Waals surface area contributed by atoms with Gasteiger partial charge in [-0.05, 0) is 38.8 Å². The quantitative estimate of drug-likeness (QED) is 0.560. The molecule has 2 amide bonds. The first-order valence-corrected chi connectivity index (χ1v) is 12.3. The molecule has 0 saturated carbocycles. The second-order valence-corrected chi connectivity index (χ2v) is 10.1. The molecule has 11 heteroatoms. The van der Waals surface area contributed by atoms with Gasteiger partial charge in [-0.15, -0.1) is 0 Å². The minimum atomic E-state index is -0.571. The van der Waals surface area contributed by atoms with Gasteiger partial charge in [0.15, 0.2) is 0 Å². The number of nitrogens with two attached hydrogens (primary N) is 1. The van der Waals surface area contributed by atoms with E-state index in [0.29, 0.717) is 23.8 Å². The van der Waals surface area contributed by atoms with E-state index >= 15 is 0 Å². The van der Waals surface area contributed by atoms with Crippen LogP contribution in [0.25, 0.3) is 11.1 Å². The second-order valence-electron chi connectivity index (χ2n) is 9.72. The van der Waals surface area contributed by atoms with Crippen LogP contribution in [0.3, 0.4) is 0 Å². The molecule has 4 heterocycles. The van der Waals surface area contributed by atoms with Gasteiger partial charge in [-0.1, -0.05) is 17.7 Å². The van der Waals surface area contributed by atoms with Gasteiger partial charge in [0.2, 0.25) is 11.8 Å². The summed E-state index contributed by atoms with van der Waals surface area (Å²) >= 11 is 6.67. The van der Waals surface area contributed by atoms with Crippen molar-refractivity contribution in [3.05, 3.63) is 47.5 Å². The summed E-state index contributed by atoms with van der Waals surface area (Å²) < 4.78 is 7.38. The lowest BCUT2D eigenvalue weighted by Crippen LogP contribution is -2.41. The highest BCUT2D eigenvalue weighted by molar-refractivity contribution is 6.33. The largest absolute Gasteiger partial charge is 0.475 e. The van der Waals surface area contributed by atoms with Crippen molar-refractivity contribution >= 4 is 34.9 Å². The van der Waals surface area contributed by atoms with E-state index in [1.807, 2.05) is 37.1 Å². The average Bonchev–Trinajstić information content (AvgIpc) is 3.50. The Morgan fingerprint density at radius 1 is 1.19 bits per heavy atom. The molecule has 1 aromatic carbocycles. The minimum Gasteiger partial charge on any atom is -0.475 e. The summed E-state index contributed by atoms with van der Waals surface area (Å²) in [6.07, 6.45) is 7.01. The number of anilines is 2. The van der Waals surface area contributed by atoms with Gasteiger partial charge in [-0.3, -0.25) is 14.3 Å². The zero-order chi connectivity index (χ0) is 25.4. The Morgan fingerprint density at radius 2 is 1.97 bits per heavy atom. The fraction of sp³-hybridized carbons (Fsp3) is 0.400. The Kier molecular flexibility index (Phi) is 6.29. The van der Waals surface area contributed by atoms with Crippen LogP contribution in [0.2, 0.25) is 5.02 Å². The molecular formula is C25H28ClN7O3. The van der Waals surface area contributed by atoms with Crippen LogP contribution in [0.5, 0.6) is 5.88 Å². The molecule has 0 bridgehead atoms. The first-order chi connectivity index (χ1) is 17.2. The number of carbonyl (C=O) groups is 2. The highest BCUT2D eigenvalue weighted by atomic mass is 35.5. The van der Waals surface area contributed by atoms with Crippen LogP contribution in [0.1, 0.15) is 37.0 Å². The Balaban J connectivity index is 1.35. The van der Waals surface area contributed by atoms with Gasteiger partial charge in [0.1, 0.15) is 24.3 Å². The van der Waals surface area contributed by atoms with Crippen LogP contribution in [0, 0.1) is 5.41 Å². The van der Waals surface area contributed by atoms with E-state index in [4.69, 9.17) is 22.1 Å². The predicted octanol–water partition coefficient (Wildman–Crippen LogP) is 3.26. The average molecular weight is 510 g/mol. The van der Waals surface area contributed by atoms with Crippen molar-refractivity contribution in [1.82, 2.24) is 24.6 Å². The Bertz CT molecular complexity index is 1320. The maximum absolute atomic E-state index is 13.2. The maximum atomic E-state index is 13.2. The lowest BCUT2D eigenvalue weighted by Gasteiger charge is -2.29. The molecule has 2 aliphatic rings. The number of aromatic nitrogens is 4. The molecule has 3 aromatic rings. The van der Waals surface area contributed by atoms with E-state index in [0.717, 1.165) is 37.1 Å². The van der Waals surface area contributed by atoms with E-state index in [1.54, 1.807) is 21.8 Å². The van der Waals surface area contributed by atoms with Crippen LogP contribution < -0.4 is 15.4 Å². The summed E-state index contributed by atoms with van der Waals surface area (Å²) in [5.41, 5.74) is 7.71. The SMILES string of the molecule is CC(C)(Cn1cc(-c2ccc(N3CCOc4ncnc(N)c4C3=O)cc2Cl)cn1)C(=O)N1CCCC1. The zero-order valence-corrected chi connectivity index (χ0v) is 21.0. The van der Waals surface area contributed by atoms with Crippen molar-refractivity contribution < 1.29 is 14.3 Å². The summed E-state index contributed by atoms with van der Waals surface area (Å²) in [5.74, 6) is 0.0507. The van der Waals surface area contributed by atoms with Crippen molar-refractivity contribution in [3.63, 3.8) is 0 Å². The van der Waals surface area contributed by atoms with Gasteiger partial charge in [-0.2, -0.15) is 5.10 Å². The van der Waals surface area contributed by atoms with Gasteiger partial charge >= 0.3 is 0 Å². The summed E-state index contributed by atoms with van der Waals surface area (Å²) in [4.78, 5) is 37.6. The van der Waals surface area contributed by atoms with E-state index in [-0.39, 0.29) is 35.7 Å². The summed E-state index contributed by atoms with van der Waals surface area (Å²) in [5, 5.41) is 4.95. The van der Waals surface area contributed by atoms with Crippen molar-refractivity contribution in [2.45, 2.75) is 33.2 Å². The van der Waals surface area contributed by atoms with Crippen molar-refractivity contribution in [1.29, 1.82) is 0 Å². The van der Waals surface area contributed by atoms with Crippen molar-refractivity contribution in [3.8, 4) is 17.0 Å². The lowest BCUT2D eigenvalue weighted by atomic mass is 9.91. The van der Waals surface area contributed by atoms with Crippen LogP contribution in [0.15, 0.2) is 36.9 Å². The first kappa shape index (κ1) is 24.1. The molecule has 1 saturated heterocycles. The number of hydrogen-bond donors (Lipinski definition) is 1. The van der Waals surface area contributed by atoms with E-state index in [9.17, 15) is 9.59 Å². The number of nitrogens with zero attached hydrogens (tertiary/aromatic N) is 6. The summed E-state index contributed by atoms with van der Waals surface area (Å²) in [6, 6.07) is 5.41. The smallest absolute Gasteiger partial charge is 0.267 e. The maximum Gasteiger partial charge on any atom is 0.267 e. The summed E-state index contributed by atoms with van der Waals surface area (Å²) in [7, 11) is 0. The first-order valence-electron chi connectivity index (χ1n) is 11.9. The van der Waals surface area contributed by atoms with Gasteiger partial charge in [0, 0.05) is 36.1 Å². The molecule has 1 fully saturated rings. The zero-order valence-electron chi connectivity index (χ0n) is 20.3. The molecule has 36 heavy (non-hydrogen) atoms. The molecule has 0 unspecified atom stereocenters. The Hall–Kier alpha value is -3.66. The van der Waals surface area contributed by atoms with E-state index in [1.165, 1.54) is 6.33 Å². The number of likely N-dealkylation sites (tertiary alicyclic amines) is 1. The van der Waals surface area contributed by atoms with E-state index in [2.05, 4.69) is 15.1 Å². The molecule has 5 rings (SSSR count). The molecule has 2 N–H and O–H groups in total. The van der Waals surface area contributed by atoms with Crippen molar-refractivity contribution in [2.75, 3.05) is 36.9 Å². The third kappa shape index (κ3) is 4.48. The predicted molar refractivity (Wildman–Crippen MR) is 136 cm³/mol. The van der Waals surface area contributed by atoms with Crippen LogP contribution in [-0.4, -0.2) is 62.7 Å². The number of halogens is 1. The molecule has 0 aliphatic carbocycles. The number of benzene rings is 1. The third-order valence-corrected chi connectivity index (χ3v) is 6.91. The number of amides is 2. The van der Waals surface area contributed by atoms with Crippen LogP contribution in [-0.2, 0) is 11.3 Å². The highest BCUT2D eigenvalue weighted by Gasteiger charge is 2.34. The third-order valence-electron chi connectivity index (χ3n) is 6.59. The molecule has 0 spiro atoms. The Morgan fingerprint density at radius 3 is 2.72 bits per heavy atom. The standard InChI is InChI=1S/C25H28ClN7O3/c1-25(2,24(35)31-7-3-4-8-31)14-32-13-16(12-30-32)18-6-5-17(11-19(18)26)33-9-10-36-22-20(23(33)34)21(27)28-15-29-22/h5-6,11-13,15H,3-4,7-10,14H2,1-2H3,(H2,27,28,29). The van der Waals surface area contributed by atoms with Gasteiger partial charge in [0.05, 0.1) is 29.7 Å². The van der Waals surface area contributed by atoms with Gasteiger partial charge in [0.25, 0.3) is 5.91 Å². The second kappa shape index (κ2) is 9.42. The number of rotatable bonds is 5. The topological polar surface area (TPSA) is 119 Å². The molecule has 0 atom stereocenters. The number of nitrogen functional groups attached to an aromatic ring is 1. The highest BCUT2D eigenvalue weighted by Crippen LogP contribution is 2.34. The molecule has 188 valence electrons. The normalized spacial score (nSPS) is 16.0. The Labute approximate surface area is 214 Å². The van der Waals surface area contributed by atoms with E-state index < -0.39 is 5.41 Å². The monoisotopic (exact) mass is 509 g/mol. The molecule has 10 nitrogen and oxygen atoms in total. The van der Waals surface area contributed by atoms with Crippen LogP contribution >= 0.6 is 11.6 Å². The number of ether oxygens (including phenoxy) is 1. The molecular weight excluding hydrogens is 482 g/mol. The fourth-order valence-electron chi connectivity index (χ4n) is 4.73. The van der Waals surface area contributed by atoms with Crippen LogP contribution in [0.4, 0.5) is 11.5 Å². The van der Waals surface area contributed by atoms with Gasteiger partial charge < -0.3 is 20.3 Å². The molecule has 2 aromatic heterocycles. The molecule has 2 aliphatic heterocycles.